The molecule has 1 amide bonds. The van der Waals surface area contributed by atoms with Gasteiger partial charge in [0.1, 0.15) is 0 Å². The zero-order valence-corrected chi connectivity index (χ0v) is 10.5. The molecule has 1 N–H and O–H groups in total. The Hall–Kier alpha value is -0.610. The molecule has 4 heteroatoms. The van der Waals surface area contributed by atoms with Crippen LogP contribution in [0.25, 0.3) is 0 Å². The summed E-state index contributed by atoms with van der Waals surface area (Å²) < 4.78 is 5.52. The molecule has 92 valence electrons. The number of carbonyl (C=O) groups excluding carboxylic acids is 1. The number of rotatable bonds is 2. The van der Waals surface area contributed by atoms with Gasteiger partial charge in [-0.25, -0.2) is 0 Å². The van der Waals surface area contributed by atoms with E-state index in [1.165, 1.54) is 0 Å². The molecule has 2 heterocycles. The lowest BCUT2D eigenvalue weighted by atomic mass is 9.97. The molecule has 0 radical (unpaired) electrons. The maximum atomic E-state index is 12.3. The van der Waals surface area contributed by atoms with Gasteiger partial charge in [-0.05, 0) is 33.1 Å². The quantitative estimate of drug-likeness (QED) is 0.767. The van der Waals surface area contributed by atoms with Crippen LogP contribution in [0, 0.1) is 0 Å². The minimum absolute atomic E-state index is 0.258. The molecule has 2 aliphatic heterocycles. The lowest BCUT2D eigenvalue weighted by Crippen LogP contribution is -2.47. The fourth-order valence-corrected chi connectivity index (χ4v) is 2.55. The van der Waals surface area contributed by atoms with Crippen LogP contribution in [0.2, 0.25) is 0 Å². The van der Waals surface area contributed by atoms with Crippen molar-refractivity contribution in [2.75, 3.05) is 13.3 Å². The molecule has 16 heavy (non-hydrogen) atoms. The van der Waals surface area contributed by atoms with Gasteiger partial charge in [-0.1, -0.05) is 6.92 Å². The van der Waals surface area contributed by atoms with Crippen molar-refractivity contribution in [1.29, 1.82) is 0 Å². The van der Waals surface area contributed by atoms with Crippen molar-refractivity contribution in [3.63, 3.8) is 0 Å². The SMILES string of the molecule is CCC1(C)NCN(C2CCOC(C)C2)C1=O. The Balaban J connectivity index is 2.03. The molecule has 2 fully saturated rings. The second-order valence-corrected chi connectivity index (χ2v) is 5.16. The Morgan fingerprint density at radius 1 is 1.62 bits per heavy atom. The third kappa shape index (κ3) is 1.96. The lowest BCUT2D eigenvalue weighted by molar-refractivity contribution is -0.136. The Labute approximate surface area is 97.3 Å². The van der Waals surface area contributed by atoms with E-state index in [1.807, 2.05) is 11.8 Å². The van der Waals surface area contributed by atoms with Gasteiger partial charge in [-0.15, -0.1) is 0 Å². The van der Waals surface area contributed by atoms with Gasteiger partial charge in [-0.3, -0.25) is 10.1 Å². The second-order valence-electron chi connectivity index (χ2n) is 5.16. The highest BCUT2D eigenvalue weighted by Crippen LogP contribution is 2.26. The molecule has 2 rings (SSSR count). The van der Waals surface area contributed by atoms with E-state index in [4.69, 9.17) is 4.74 Å². The number of carbonyl (C=O) groups is 1. The van der Waals surface area contributed by atoms with E-state index >= 15 is 0 Å². The molecule has 0 bridgehead atoms. The van der Waals surface area contributed by atoms with Crippen molar-refractivity contribution < 1.29 is 9.53 Å². The predicted molar refractivity (Wildman–Crippen MR) is 62.0 cm³/mol. The van der Waals surface area contributed by atoms with Crippen LogP contribution in [0.15, 0.2) is 0 Å². The van der Waals surface area contributed by atoms with Gasteiger partial charge >= 0.3 is 0 Å². The Kier molecular flexibility index (Phi) is 3.22. The summed E-state index contributed by atoms with van der Waals surface area (Å²) in [5.74, 6) is 0.258. The van der Waals surface area contributed by atoms with Crippen LogP contribution in [0.1, 0.15) is 40.0 Å². The highest BCUT2D eigenvalue weighted by atomic mass is 16.5. The van der Waals surface area contributed by atoms with Gasteiger partial charge in [0.05, 0.1) is 18.3 Å². The van der Waals surface area contributed by atoms with Crippen molar-refractivity contribution in [2.24, 2.45) is 0 Å². The van der Waals surface area contributed by atoms with Crippen molar-refractivity contribution in [1.82, 2.24) is 10.2 Å². The lowest BCUT2D eigenvalue weighted by Gasteiger charge is -2.34. The predicted octanol–water partition coefficient (Wildman–Crippen LogP) is 1.11. The molecule has 0 aromatic rings. The van der Waals surface area contributed by atoms with Crippen LogP contribution in [0.4, 0.5) is 0 Å². The van der Waals surface area contributed by atoms with Gasteiger partial charge < -0.3 is 9.64 Å². The summed E-state index contributed by atoms with van der Waals surface area (Å²) in [6, 6.07) is 0.358. The van der Waals surface area contributed by atoms with Crippen LogP contribution in [-0.2, 0) is 9.53 Å². The van der Waals surface area contributed by atoms with Crippen LogP contribution >= 0.6 is 0 Å². The smallest absolute Gasteiger partial charge is 0.243 e. The number of nitrogens with zero attached hydrogens (tertiary/aromatic N) is 1. The van der Waals surface area contributed by atoms with Gasteiger partial charge in [0.2, 0.25) is 5.91 Å². The van der Waals surface area contributed by atoms with E-state index in [0.717, 1.165) is 25.9 Å². The Morgan fingerprint density at radius 3 is 2.94 bits per heavy atom. The Morgan fingerprint density at radius 2 is 2.38 bits per heavy atom. The van der Waals surface area contributed by atoms with Crippen LogP contribution in [0.5, 0.6) is 0 Å². The zero-order chi connectivity index (χ0) is 11.8. The fraction of sp³-hybridized carbons (Fsp3) is 0.917. The van der Waals surface area contributed by atoms with Crippen LogP contribution in [0.3, 0.4) is 0 Å². The van der Waals surface area contributed by atoms with E-state index < -0.39 is 0 Å². The van der Waals surface area contributed by atoms with E-state index in [0.29, 0.717) is 12.7 Å². The fourth-order valence-electron chi connectivity index (χ4n) is 2.55. The average Bonchev–Trinajstić information content (AvgIpc) is 2.57. The highest BCUT2D eigenvalue weighted by molar-refractivity contribution is 5.88. The molecule has 3 unspecified atom stereocenters. The molecular weight excluding hydrogens is 204 g/mol. The Bertz CT molecular complexity index is 282. The largest absolute Gasteiger partial charge is 0.378 e. The van der Waals surface area contributed by atoms with Gasteiger partial charge in [0.25, 0.3) is 0 Å². The highest BCUT2D eigenvalue weighted by Gasteiger charge is 2.44. The average molecular weight is 226 g/mol. The van der Waals surface area contributed by atoms with Crippen molar-refractivity contribution in [3.05, 3.63) is 0 Å². The summed E-state index contributed by atoms with van der Waals surface area (Å²) in [7, 11) is 0. The van der Waals surface area contributed by atoms with Crippen LogP contribution in [-0.4, -0.2) is 41.8 Å². The molecule has 2 aliphatic rings. The van der Waals surface area contributed by atoms with Crippen LogP contribution < -0.4 is 5.32 Å². The van der Waals surface area contributed by atoms with Gasteiger partial charge in [-0.2, -0.15) is 0 Å². The summed E-state index contributed by atoms with van der Waals surface area (Å²) in [5, 5.41) is 3.33. The molecule has 4 nitrogen and oxygen atoms in total. The maximum Gasteiger partial charge on any atom is 0.243 e. The minimum atomic E-state index is -0.346. The van der Waals surface area contributed by atoms with E-state index in [9.17, 15) is 4.79 Å². The summed E-state index contributed by atoms with van der Waals surface area (Å²) in [6.45, 7) is 7.61. The molecule has 0 aromatic carbocycles. The first-order valence-corrected chi connectivity index (χ1v) is 6.24. The number of nitrogens with one attached hydrogen (secondary N) is 1. The second kappa shape index (κ2) is 4.34. The summed E-state index contributed by atoms with van der Waals surface area (Å²) in [4.78, 5) is 14.3. The van der Waals surface area contributed by atoms with E-state index in [1.54, 1.807) is 0 Å². The summed E-state index contributed by atoms with van der Waals surface area (Å²) in [5.41, 5.74) is -0.346. The maximum absolute atomic E-state index is 12.3. The van der Waals surface area contributed by atoms with Gasteiger partial charge in [0.15, 0.2) is 0 Å². The van der Waals surface area contributed by atoms with Crippen molar-refractivity contribution in [3.8, 4) is 0 Å². The number of amides is 1. The molecule has 3 atom stereocenters. The van der Waals surface area contributed by atoms with Crippen molar-refractivity contribution in [2.45, 2.75) is 57.7 Å². The molecule has 0 saturated carbocycles. The number of hydrogen-bond donors (Lipinski definition) is 1. The number of hydrogen-bond acceptors (Lipinski definition) is 3. The molecule has 2 saturated heterocycles. The van der Waals surface area contributed by atoms with E-state index in [-0.39, 0.29) is 17.6 Å². The monoisotopic (exact) mass is 226 g/mol. The topological polar surface area (TPSA) is 41.6 Å². The molecule has 0 aliphatic carbocycles. The zero-order valence-electron chi connectivity index (χ0n) is 10.5. The normalized spacial score (nSPS) is 40.4. The molecule has 0 aromatic heterocycles. The first kappa shape index (κ1) is 11.9. The molecule has 0 spiro atoms. The van der Waals surface area contributed by atoms with Gasteiger partial charge in [0, 0.05) is 12.6 Å². The standard InChI is InChI=1S/C12H22N2O2/c1-4-12(3)11(15)14(8-13-12)10-5-6-16-9(2)7-10/h9-10,13H,4-8H2,1-3H3. The summed E-state index contributed by atoms with van der Waals surface area (Å²) >= 11 is 0. The third-order valence-electron chi connectivity index (χ3n) is 3.98. The van der Waals surface area contributed by atoms with Crippen molar-refractivity contribution >= 4 is 5.91 Å². The summed E-state index contributed by atoms with van der Waals surface area (Å²) in [6.07, 6.45) is 3.06. The first-order valence-electron chi connectivity index (χ1n) is 6.24. The third-order valence-corrected chi connectivity index (χ3v) is 3.98. The van der Waals surface area contributed by atoms with E-state index in [2.05, 4.69) is 19.2 Å². The molecular formula is C12H22N2O2. The number of ether oxygens (including phenoxy) is 1. The minimum Gasteiger partial charge on any atom is -0.378 e. The first-order chi connectivity index (χ1) is 7.57.